The molecule has 1 aliphatic rings. The van der Waals surface area contributed by atoms with Crippen LogP contribution in [0.3, 0.4) is 0 Å². The normalized spacial score (nSPS) is 16.4. The van der Waals surface area contributed by atoms with Crippen LogP contribution >= 0.6 is 39.1 Å². The van der Waals surface area contributed by atoms with Crippen LogP contribution < -0.4 is 0 Å². The molecule has 0 saturated carbocycles. The van der Waals surface area contributed by atoms with Crippen molar-refractivity contribution >= 4 is 55.2 Å². The number of benzene rings is 1. The number of amides is 1. The topological polar surface area (TPSA) is 66.9 Å². The van der Waals surface area contributed by atoms with Crippen LogP contribution in [-0.4, -0.2) is 56.5 Å². The van der Waals surface area contributed by atoms with Crippen molar-refractivity contribution in [3.63, 3.8) is 0 Å². The Labute approximate surface area is 153 Å². The van der Waals surface area contributed by atoms with Gasteiger partial charge < -0.3 is 9.64 Å². The summed E-state index contributed by atoms with van der Waals surface area (Å²) in [6.45, 7) is 2.93. The van der Waals surface area contributed by atoms with E-state index >= 15 is 0 Å². The van der Waals surface area contributed by atoms with Crippen LogP contribution in [0.2, 0.25) is 10.0 Å². The third-order valence-electron chi connectivity index (χ3n) is 3.36. The average Bonchev–Trinajstić information content (AvgIpc) is 2.51. The lowest BCUT2D eigenvalue weighted by atomic mass is 10.4. The van der Waals surface area contributed by atoms with Crippen LogP contribution in [0, 0.1) is 0 Å². The number of carbonyl (C=O) groups is 1. The first-order valence-corrected chi connectivity index (χ1v) is 9.82. The van der Waals surface area contributed by atoms with Crippen molar-refractivity contribution in [3.05, 3.63) is 26.7 Å². The SMILES string of the molecule is CCOC(=O)N1CCN(S(=O)(=O)c2cc(Cl)c(Cl)cc2Br)CC1. The van der Waals surface area contributed by atoms with E-state index in [4.69, 9.17) is 27.9 Å². The highest BCUT2D eigenvalue weighted by Crippen LogP contribution is 2.33. The molecule has 0 unspecified atom stereocenters. The number of piperazine rings is 1. The Kier molecular flexibility index (Phi) is 6.18. The molecule has 1 aromatic carbocycles. The number of halogens is 3. The summed E-state index contributed by atoms with van der Waals surface area (Å²) >= 11 is 15.0. The average molecular weight is 446 g/mol. The largest absolute Gasteiger partial charge is 0.450 e. The van der Waals surface area contributed by atoms with E-state index in [0.29, 0.717) is 4.47 Å². The van der Waals surface area contributed by atoms with Gasteiger partial charge in [-0.15, -0.1) is 0 Å². The molecule has 1 heterocycles. The van der Waals surface area contributed by atoms with Crippen molar-refractivity contribution in [2.75, 3.05) is 32.8 Å². The van der Waals surface area contributed by atoms with Crippen LogP contribution in [-0.2, 0) is 14.8 Å². The monoisotopic (exact) mass is 444 g/mol. The third-order valence-corrected chi connectivity index (χ3v) is 6.94. The van der Waals surface area contributed by atoms with Crippen molar-refractivity contribution in [3.8, 4) is 0 Å². The molecule has 0 aliphatic carbocycles. The van der Waals surface area contributed by atoms with Crippen molar-refractivity contribution in [1.82, 2.24) is 9.21 Å². The summed E-state index contributed by atoms with van der Waals surface area (Å²) in [4.78, 5) is 13.2. The standard InChI is InChI=1S/C13H15BrCl2N2O4S/c1-2-22-13(19)17-3-5-18(6-4-17)23(20,21)12-8-11(16)10(15)7-9(12)14/h7-8H,2-6H2,1H3. The Morgan fingerprint density at radius 3 is 2.35 bits per heavy atom. The minimum absolute atomic E-state index is 0.0523. The number of carbonyl (C=O) groups excluding carboxylic acids is 1. The van der Waals surface area contributed by atoms with Gasteiger partial charge >= 0.3 is 6.09 Å². The van der Waals surface area contributed by atoms with E-state index in [-0.39, 0.29) is 47.7 Å². The fourth-order valence-electron chi connectivity index (χ4n) is 2.17. The summed E-state index contributed by atoms with van der Waals surface area (Å²) in [5.41, 5.74) is 0. The number of sulfonamides is 1. The minimum atomic E-state index is -3.73. The summed E-state index contributed by atoms with van der Waals surface area (Å²) in [5, 5.41) is 0.434. The first kappa shape index (κ1) is 18.8. The van der Waals surface area contributed by atoms with Crippen LogP contribution in [0.4, 0.5) is 4.79 Å². The van der Waals surface area contributed by atoms with Crippen molar-refractivity contribution in [2.24, 2.45) is 0 Å². The molecule has 128 valence electrons. The highest BCUT2D eigenvalue weighted by molar-refractivity contribution is 9.10. The zero-order valence-corrected chi connectivity index (χ0v) is 16.2. The third kappa shape index (κ3) is 4.11. The van der Waals surface area contributed by atoms with Gasteiger partial charge in [0.15, 0.2) is 0 Å². The van der Waals surface area contributed by atoms with E-state index < -0.39 is 16.1 Å². The summed E-state index contributed by atoms with van der Waals surface area (Å²) in [5.74, 6) is 0. The lowest BCUT2D eigenvalue weighted by Gasteiger charge is -2.33. The predicted molar refractivity (Wildman–Crippen MR) is 91.5 cm³/mol. The molecule has 0 spiro atoms. The molecule has 10 heteroatoms. The Balaban J connectivity index is 2.17. The van der Waals surface area contributed by atoms with E-state index in [9.17, 15) is 13.2 Å². The molecule has 0 N–H and O–H groups in total. The molecule has 1 fully saturated rings. The fourth-order valence-corrected chi connectivity index (χ4v) is 5.14. The van der Waals surface area contributed by atoms with Crippen LogP contribution in [0.5, 0.6) is 0 Å². The Hall–Kier alpha value is -0.540. The first-order chi connectivity index (χ1) is 10.8. The molecule has 2 rings (SSSR count). The van der Waals surface area contributed by atoms with Gasteiger partial charge in [-0.3, -0.25) is 0 Å². The molecule has 1 amide bonds. The quantitative estimate of drug-likeness (QED) is 0.670. The zero-order chi connectivity index (χ0) is 17.2. The highest BCUT2D eigenvalue weighted by atomic mass is 79.9. The maximum Gasteiger partial charge on any atom is 0.409 e. The summed E-state index contributed by atoms with van der Waals surface area (Å²) in [7, 11) is -3.73. The smallest absolute Gasteiger partial charge is 0.409 e. The van der Waals surface area contributed by atoms with E-state index in [2.05, 4.69) is 15.9 Å². The lowest BCUT2D eigenvalue weighted by Crippen LogP contribution is -2.50. The lowest BCUT2D eigenvalue weighted by molar-refractivity contribution is 0.0934. The highest BCUT2D eigenvalue weighted by Gasteiger charge is 2.32. The molecule has 6 nitrogen and oxygen atoms in total. The van der Waals surface area contributed by atoms with E-state index in [0.717, 1.165) is 0 Å². The van der Waals surface area contributed by atoms with Gasteiger partial charge in [0, 0.05) is 30.7 Å². The van der Waals surface area contributed by atoms with E-state index in [1.165, 1.54) is 21.3 Å². The second-order valence-corrected chi connectivity index (χ2v) is 8.36. The number of nitrogens with zero attached hydrogens (tertiary/aromatic N) is 2. The van der Waals surface area contributed by atoms with Gasteiger partial charge in [-0.1, -0.05) is 23.2 Å². The van der Waals surface area contributed by atoms with Gasteiger partial charge in [0.05, 0.1) is 21.5 Å². The molecule has 23 heavy (non-hydrogen) atoms. The zero-order valence-electron chi connectivity index (χ0n) is 12.3. The molecule has 0 bridgehead atoms. The van der Waals surface area contributed by atoms with Crippen LogP contribution in [0.25, 0.3) is 0 Å². The van der Waals surface area contributed by atoms with Gasteiger partial charge in [0.2, 0.25) is 10.0 Å². The molecular weight excluding hydrogens is 431 g/mol. The van der Waals surface area contributed by atoms with Crippen molar-refractivity contribution in [1.29, 1.82) is 0 Å². The van der Waals surface area contributed by atoms with Gasteiger partial charge in [-0.25, -0.2) is 13.2 Å². The number of hydrogen-bond donors (Lipinski definition) is 0. The summed E-state index contributed by atoms with van der Waals surface area (Å²) in [6.07, 6.45) is -0.430. The first-order valence-electron chi connectivity index (χ1n) is 6.83. The number of rotatable bonds is 3. The molecule has 1 aromatic rings. The second-order valence-electron chi connectivity index (χ2n) is 4.79. The maximum absolute atomic E-state index is 12.7. The van der Waals surface area contributed by atoms with Gasteiger partial charge in [0.25, 0.3) is 0 Å². The Morgan fingerprint density at radius 2 is 1.78 bits per heavy atom. The van der Waals surface area contributed by atoms with Gasteiger partial charge in [-0.2, -0.15) is 4.31 Å². The Bertz CT molecular complexity index is 706. The van der Waals surface area contributed by atoms with Gasteiger partial charge in [0.1, 0.15) is 0 Å². The second kappa shape index (κ2) is 7.57. The summed E-state index contributed by atoms with van der Waals surface area (Å²) < 4.78 is 32.0. The van der Waals surface area contributed by atoms with E-state index in [1.807, 2.05) is 0 Å². The summed E-state index contributed by atoms with van der Waals surface area (Å²) in [6, 6.07) is 2.77. The fraction of sp³-hybridized carbons (Fsp3) is 0.462. The minimum Gasteiger partial charge on any atom is -0.450 e. The molecule has 0 aromatic heterocycles. The molecular formula is C13H15BrCl2N2O4S. The Morgan fingerprint density at radius 1 is 1.22 bits per heavy atom. The van der Waals surface area contributed by atoms with Crippen molar-refractivity contribution in [2.45, 2.75) is 11.8 Å². The van der Waals surface area contributed by atoms with Gasteiger partial charge in [-0.05, 0) is 35.0 Å². The number of ether oxygens (including phenoxy) is 1. The molecule has 1 saturated heterocycles. The van der Waals surface area contributed by atoms with Crippen molar-refractivity contribution < 1.29 is 17.9 Å². The van der Waals surface area contributed by atoms with Crippen LogP contribution in [0.15, 0.2) is 21.5 Å². The molecule has 0 atom stereocenters. The number of hydrogen-bond acceptors (Lipinski definition) is 4. The maximum atomic E-state index is 12.7. The molecule has 1 aliphatic heterocycles. The molecule has 0 radical (unpaired) electrons. The van der Waals surface area contributed by atoms with Crippen LogP contribution in [0.1, 0.15) is 6.92 Å². The predicted octanol–water partition coefficient (Wildman–Crippen LogP) is 3.22. The van der Waals surface area contributed by atoms with E-state index in [1.54, 1.807) is 6.92 Å².